The highest BCUT2D eigenvalue weighted by atomic mass is 32.2. The van der Waals surface area contributed by atoms with E-state index in [0.717, 1.165) is 24.2 Å². The lowest BCUT2D eigenvalue weighted by Crippen LogP contribution is -2.42. The van der Waals surface area contributed by atoms with Gasteiger partial charge >= 0.3 is 0 Å². The molecule has 0 fully saturated rings. The van der Waals surface area contributed by atoms with Gasteiger partial charge in [-0.2, -0.15) is 11.8 Å². The van der Waals surface area contributed by atoms with Crippen molar-refractivity contribution in [2.24, 2.45) is 5.92 Å². The molecule has 0 saturated heterocycles. The second-order valence-electron chi connectivity index (χ2n) is 6.87. The Morgan fingerprint density at radius 1 is 1.03 bits per heavy atom. The Hall–Kier alpha value is -1.76. The Balaban J connectivity index is 2.01. The number of thioether (sulfide) groups is 2. The third-order valence-electron chi connectivity index (χ3n) is 4.59. The average Bonchev–Trinajstić information content (AvgIpc) is 2.77. The Morgan fingerprint density at radius 3 is 2.31 bits per heavy atom. The smallest absolute Gasteiger partial charge is 0.224 e. The highest BCUT2D eigenvalue weighted by Gasteiger charge is 2.23. The summed E-state index contributed by atoms with van der Waals surface area (Å²) in [5.41, 5.74) is 1.70. The van der Waals surface area contributed by atoms with Gasteiger partial charge in [0.05, 0.1) is 18.6 Å². The molecule has 2 atom stereocenters. The van der Waals surface area contributed by atoms with Crippen molar-refractivity contribution in [3.8, 4) is 0 Å². The van der Waals surface area contributed by atoms with Crippen LogP contribution in [-0.4, -0.2) is 46.5 Å². The van der Waals surface area contributed by atoms with Crippen LogP contribution in [0.5, 0.6) is 0 Å². The summed E-state index contributed by atoms with van der Waals surface area (Å²) in [6, 6.07) is 18.7. The molecular weight excluding hydrogens is 402 g/mol. The lowest BCUT2D eigenvalue weighted by atomic mass is 9.99. The van der Waals surface area contributed by atoms with Gasteiger partial charge in [0.2, 0.25) is 11.0 Å². The van der Waals surface area contributed by atoms with Crippen molar-refractivity contribution in [1.82, 2.24) is 5.32 Å². The number of carbonyl (C=O) groups excluding carboxylic acids is 2. The Morgan fingerprint density at radius 2 is 1.69 bits per heavy atom. The SMILES string of the molecule is CSCCC[C@@H](CO)NC(=O)[C@@H](CSC(=O)c1ccccc1)Cc1ccccc1. The number of rotatable bonds is 12. The Labute approximate surface area is 181 Å². The Kier molecular flexibility index (Phi) is 10.9. The molecule has 6 heteroatoms. The van der Waals surface area contributed by atoms with Gasteiger partial charge in [-0.15, -0.1) is 0 Å². The van der Waals surface area contributed by atoms with Crippen molar-refractivity contribution in [1.29, 1.82) is 0 Å². The van der Waals surface area contributed by atoms with E-state index in [2.05, 4.69) is 5.32 Å². The fraction of sp³-hybridized carbons (Fsp3) is 0.391. The van der Waals surface area contributed by atoms with E-state index in [4.69, 9.17) is 0 Å². The zero-order valence-electron chi connectivity index (χ0n) is 16.8. The summed E-state index contributed by atoms with van der Waals surface area (Å²) in [7, 11) is 0. The van der Waals surface area contributed by atoms with Gasteiger partial charge in [0, 0.05) is 11.3 Å². The maximum Gasteiger partial charge on any atom is 0.224 e. The summed E-state index contributed by atoms with van der Waals surface area (Å²) in [6.45, 7) is -0.0751. The van der Waals surface area contributed by atoms with Gasteiger partial charge in [0.1, 0.15) is 0 Å². The Bertz CT molecular complexity index is 740. The molecule has 0 unspecified atom stereocenters. The first-order valence-corrected chi connectivity index (χ1v) is 12.2. The van der Waals surface area contributed by atoms with Crippen molar-refractivity contribution in [3.63, 3.8) is 0 Å². The van der Waals surface area contributed by atoms with Gasteiger partial charge in [-0.05, 0) is 36.8 Å². The van der Waals surface area contributed by atoms with Gasteiger partial charge in [-0.1, -0.05) is 72.4 Å². The van der Waals surface area contributed by atoms with Crippen LogP contribution >= 0.6 is 23.5 Å². The van der Waals surface area contributed by atoms with Crippen LogP contribution in [0.25, 0.3) is 0 Å². The van der Waals surface area contributed by atoms with Crippen LogP contribution in [0.15, 0.2) is 60.7 Å². The maximum atomic E-state index is 12.9. The van der Waals surface area contributed by atoms with E-state index < -0.39 is 0 Å². The van der Waals surface area contributed by atoms with Crippen molar-refractivity contribution in [2.45, 2.75) is 25.3 Å². The van der Waals surface area contributed by atoms with Gasteiger partial charge in [-0.25, -0.2) is 0 Å². The number of aliphatic hydroxyl groups excluding tert-OH is 1. The number of benzene rings is 2. The van der Waals surface area contributed by atoms with Crippen LogP contribution in [0.3, 0.4) is 0 Å². The van der Waals surface area contributed by atoms with E-state index in [1.165, 1.54) is 11.8 Å². The summed E-state index contributed by atoms with van der Waals surface area (Å²) in [5.74, 6) is 0.952. The minimum absolute atomic E-state index is 0.0323. The number of amides is 1. The molecule has 2 aromatic carbocycles. The van der Waals surface area contributed by atoms with Crippen LogP contribution in [-0.2, 0) is 11.2 Å². The quantitative estimate of drug-likeness (QED) is 0.497. The molecule has 2 rings (SSSR count). The molecule has 0 bridgehead atoms. The minimum atomic E-state index is -0.343. The lowest BCUT2D eigenvalue weighted by molar-refractivity contribution is -0.125. The van der Waals surface area contributed by atoms with Crippen molar-refractivity contribution in [3.05, 3.63) is 71.8 Å². The zero-order chi connectivity index (χ0) is 20.9. The first-order chi connectivity index (χ1) is 14.1. The molecule has 0 radical (unpaired) electrons. The normalized spacial score (nSPS) is 12.9. The number of nitrogens with one attached hydrogen (secondary N) is 1. The first-order valence-electron chi connectivity index (χ1n) is 9.80. The summed E-state index contributed by atoms with van der Waals surface area (Å²) < 4.78 is 0. The van der Waals surface area contributed by atoms with Crippen LogP contribution in [0.1, 0.15) is 28.8 Å². The topological polar surface area (TPSA) is 66.4 Å². The summed E-state index contributed by atoms with van der Waals surface area (Å²) in [6.07, 6.45) is 4.29. The number of hydrogen-bond acceptors (Lipinski definition) is 5. The standard InChI is InChI=1S/C23H29NO3S2/c1-28-14-8-13-21(16-25)24-22(26)20(15-18-9-4-2-5-10-18)17-29-23(27)19-11-6-3-7-12-19/h2-7,9-12,20-21,25H,8,13-17H2,1H3,(H,24,26)/t20-,21+/m1/s1. The molecule has 2 aromatic rings. The zero-order valence-corrected chi connectivity index (χ0v) is 18.4. The molecule has 0 heterocycles. The number of carbonyl (C=O) groups is 2. The largest absolute Gasteiger partial charge is 0.394 e. The van der Waals surface area contributed by atoms with Crippen molar-refractivity contribution in [2.75, 3.05) is 24.4 Å². The molecule has 2 N–H and O–H groups in total. The number of aliphatic hydroxyl groups is 1. The van der Waals surface area contributed by atoms with E-state index in [1.54, 1.807) is 23.9 Å². The van der Waals surface area contributed by atoms with Crippen LogP contribution in [0.2, 0.25) is 0 Å². The van der Waals surface area contributed by atoms with Gasteiger partial charge in [0.25, 0.3) is 0 Å². The predicted molar refractivity (Wildman–Crippen MR) is 123 cm³/mol. The molecular formula is C23H29NO3S2. The minimum Gasteiger partial charge on any atom is -0.394 e. The van der Waals surface area contributed by atoms with Gasteiger partial charge < -0.3 is 10.4 Å². The van der Waals surface area contributed by atoms with E-state index in [-0.39, 0.29) is 29.6 Å². The molecule has 0 aliphatic heterocycles. The second-order valence-corrected chi connectivity index (χ2v) is 8.85. The third-order valence-corrected chi connectivity index (χ3v) is 6.35. The second kappa shape index (κ2) is 13.5. The maximum absolute atomic E-state index is 12.9. The average molecular weight is 432 g/mol. The lowest BCUT2D eigenvalue weighted by Gasteiger charge is -2.21. The van der Waals surface area contributed by atoms with Gasteiger partial charge in [0.15, 0.2) is 0 Å². The van der Waals surface area contributed by atoms with Crippen molar-refractivity contribution < 1.29 is 14.7 Å². The van der Waals surface area contributed by atoms with Gasteiger partial charge in [-0.3, -0.25) is 9.59 Å². The molecule has 0 spiro atoms. The van der Waals surface area contributed by atoms with Crippen LogP contribution < -0.4 is 5.32 Å². The molecule has 0 aliphatic rings. The summed E-state index contributed by atoms with van der Waals surface area (Å²) in [5, 5.41) is 12.6. The van der Waals surface area contributed by atoms with Crippen LogP contribution in [0.4, 0.5) is 0 Å². The highest BCUT2D eigenvalue weighted by Crippen LogP contribution is 2.20. The van der Waals surface area contributed by atoms with Crippen LogP contribution in [0, 0.1) is 5.92 Å². The molecule has 29 heavy (non-hydrogen) atoms. The molecule has 156 valence electrons. The monoisotopic (exact) mass is 431 g/mol. The van der Waals surface area contributed by atoms with E-state index >= 15 is 0 Å². The predicted octanol–water partition coefficient (Wildman–Crippen LogP) is 4.04. The highest BCUT2D eigenvalue weighted by molar-refractivity contribution is 8.14. The summed E-state index contributed by atoms with van der Waals surface area (Å²) in [4.78, 5) is 25.4. The van der Waals surface area contributed by atoms with Crippen molar-refractivity contribution >= 4 is 34.5 Å². The fourth-order valence-electron chi connectivity index (χ4n) is 2.96. The molecule has 0 aromatic heterocycles. The fourth-order valence-corrected chi connectivity index (χ4v) is 4.34. The van der Waals surface area contributed by atoms with E-state index in [9.17, 15) is 14.7 Å². The molecule has 0 aliphatic carbocycles. The number of hydrogen-bond donors (Lipinski definition) is 2. The van der Waals surface area contributed by atoms with E-state index in [0.29, 0.717) is 17.7 Å². The summed E-state index contributed by atoms with van der Waals surface area (Å²) >= 11 is 2.93. The molecule has 1 amide bonds. The first kappa shape index (κ1) is 23.5. The molecule has 0 saturated carbocycles. The molecule has 4 nitrogen and oxygen atoms in total. The third kappa shape index (κ3) is 8.64. The van der Waals surface area contributed by atoms with E-state index in [1.807, 2.05) is 54.8 Å².